The Kier molecular flexibility index (Phi) is 8.80. The maximum absolute atomic E-state index is 5.66. The number of nitrogens with one attached hydrogen (secondary N) is 1. The van der Waals surface area contributed by atoms with Gasteiger partial charge in [0.2, 0.25) is 0 Å². The van der Waals surface area contributed by atoms with Gasteiger partial charge < -0.3 is 11.1 Å². The van der Waals surface area contributed by atoms with E-state index in [1.165, 1.54) is 55.7 Å². The minimum atomic E-state index is 0.682. The molecular formula is C37H36N2. The van der Waals surface area contributed by atoms with Crippen molar-refractivity contribution in [3.8, 4) is 0 Å². The zero-order chi connectivity index (χ0) is 26.9. The molecule has 2 heteroatoms. The van der Waals surface area contributed by atoms with Crippen molar-refractivity contribution in [2.75, 3.05) is 20.1 Å². The number of nitrogens with two attached hydrogens (primary N) is 1. The van der Waals surface area contributed by atoms with Crippen LogP contribution in [0, 0.1) is 0 Å². The maximum Gasteiger partial charge on any atom is -0.00169 e. The van der Waals surface area contributed by atoms with Crippen LogP contribution in [0.2, 0.25) is 0 Å². The maximum atomic E-state index is 5.66. The van der Waals surface area contributed by atoms with Crippen molar-refractivity contribution in [1.82, 2.24) is 5.32 Å². The van der Waals surface area contributed by atoms with Gasteiger partial charge in [-0.3, -0.25) is 0 Å². The quantitative estimate of drug-likeness (QED) is 0.231. The second kappa shape index (κ2) is 13.0. The summed E-state index contributed by atoms with van der Waals surface area (Å²) in [7, 11) is 2.00. The van der Waals surface area contributed by atoms with Crippen LogP contribution in [0.4, 0.5) is 0 Å². The lowest BCUT2D eigenvalue weighted by molar-refractivity contribution is 0.808. The fourth-order valence-electron chi connectivity index (χ4n) is 5.23. The van der Waals surface area contributed by atoms with E-state index in [0.717, 1.165) is 19.4 Å². The van der Waals surface area contributed by atoms with Gasteiger partial charge in [0.1, 0.15) is 0 Å². The van der Waals surface area contributed by atoms with E-state index in [4.69, 9.17) is 5.73 Å². The Labute approximate surface area is 232 Å². The van der Waals surface area contributed by atoms with E-state index in [2.05, 4.69) is 139 Å². The number of rotatable bonds is 5. The number of fused-ring (bicyclic) bond motifs is 4. The highest BCUT2D eigenvalue weighted by atomic mass is 14.8. The average Bonchev–Trinajstić information content (AvgIpc) is 3.25. The van der Waals surface area contributed by atoms with Crippen LogP contribution >= 0.6 is 0 Å². The molecule has 4 aromatic carbocycles. The van der Waals surface area contributed by atoms with Gasteiger partial charge in [-0.05, 0) is 88.6 Å². The second-order valence-corrected chi connectivity index (χ2v) is 9.72. The topological polar surface area (TPSA) is 38.0 Å². The van der Waals surface area contributed by atoms with Crippen molar-refractivity contribution in [2.24, 2.45) is 5.73 Å². The summed E-state index contributed by atoms with van der Waals surface area (Å²) >= 11 is 0. The molecule has 39 heavy (non-hydrogen) atoms. The molecule has 6 rings (SSSR count). The van der Waals surface area contributed by atoms with Gasteiger partial charge in [0.25, 0.3) is 0 Å². The Bertz CT molecular complexity index is 1450. The molecule has 0 unspecified atom stereocenters. The molecule has 3 N–H and O–H groups in total. The van der Waals surface area contributed by atoms with Gasteiger partial charge >= 0.3 is 0 Å². The van der Waals surface area contributed by atoms with Crippen LogP contribution in [0.25, 0.3) is 35.5 Å². The Morgan fingerprint density at radius 2 is 0.846 bits per heavy atom. The third kappa shape index (κ3) is 6.09. The van der Waals surface area contributed by atoms with E-state index in [1.54, 1.807) is 0 Å². The smallest absolute Gasteiger partial charge is 0.00169 e. The largest absolute Gasteiger partial charge is 0.330 e. The molecule has 0 aliphatic heterocycles. The Balaban J connectivity index is 0.000000158. The summed E-state index contributed by atoms with van der Waals surface area (Å²) in [5.41, 5.74) is 18.6. The molecule has 2 aliphatic carbocycles. The van der Waals surface area contributed by atoms with E-state index in [9.17, 15) is 0 Å². The molecule has 0 spiro atoms. The zero-order valence-corrected chi connectivity index (χ0v) is 22.6. The van der Waals surface area contributed by atoms with E-state index in [0.29, 0.717) is 6.54 Å². The van der Waals surface area contributed by atoms with Crippen LogP contribution in [-0.2, 0) is 0 Å². The highest BCUT2D eigenvalue weighted by molar-refractivity contribution is 5.94. The molecule has 4 aromatic rings. The Hall–Kier alpha value is -4.24. The fourth-order valence-corrected chi connectivity index (χ4v) is 5.23. The normalized spacial score (nSPS) is 12.6. The van der Waals surface area contributed by atoms with Crippen molar-refractivity contribution < 1.29 is 0 Å². The number of hydrogen-bond donors (Lipinski definition) is 2. The molecule has 2 aliphatic rings. The van der Waals surface area contributed by atoms with Gasteiger partial charge in [0, 0.05) is 0 Å². The van der Waals surface area contributed by atoms with Crippen LogP contribution in [0.1, 0.15) is 57.3 Å². The van der Waals surface area contributed by atoms with Crippen LogP contribution in [0.15, 0.2) is 109 Å². The molecule has 0 saturated heterocycles. The van der Waals surface area contributed by atoms with E-state index in [1.807, 2.05) is 7.05 Å². The van der Waals surface area contributed by atoms with Crippen molar-refractivity contribution in [3.05, 3.63) is 154 Å². The molecule has 0 atom stereocenters. The first-order valence-corrected chi connectivity index (χ1v) is 13.8. The molecule has 194 valence electrons. The summed E-state index contributed by atoms with van der Waals surface area (Å²) in [6.07, 6.45) is 15.4. The first-order valence-electron chi connectivity index (χ1n) is 13.8. The molecule has 2 nitrogen and oxygen atoms in total. The Morgan fingerprint density at radius 1 is 0.513 bits per heavy atom. The molecule has 0 radical (unpaired) electrons. The first kappa shape index (κ1) is 26.4. The predicted molar refractivity (Wildman–Crippen MR) is 170 cm³/mol. The fraction of sp³-hybridized carbons (Fsp3) is 0.135. The molecule has 0 bridgehead atoms. The van der Waals surface area contributed by atoms with E-state index in [-0.39, 0.29) is 0 Å². The van der Waals surface area contributed by atoms with Crippen LogP contribution in [0.3, 0.4) is 0 Å². The highest BCUT2D eigenvalue weighted by Gasteiger charge is 2.14. The molecular weight excluding hydrogens is 472 g/mol. The lowest BCUT2D eigenvalue weighted by atomic mass is 9.93. The first-order chi connectivity index (χ1) is 19.3. The monoisotopic (exact) mass is 508 g/mol. The van der Waals surface area contributed by atoms with E-state index >= 15 is 0 Å². The van der Waals surface area contributed by atoms with Crippen molar-refractivity contribution in [3.63, 3.8) is 0 Å². The lowest BCUT2D eigenvalue weighted by Gasteiger charge is -2.12. The molecule has 0 fully saturated rings. The number of hydrogen-bond acceptors (Lipinski definition) is 2. The highest BCUT2D eigenvalue weighted by Crippen LogP contribution is 2.35. The van der Waals surface area contributed by atoms with Gasteiger partial charge in [-0.15, -0.1) is 0 Å². The van der Waals surface area contributed by atoms with Crippen LogP contribution in [-0.4, -0.2) is 20.1 Å². The molecule has 0 heterocycles. The molecule has 0 saturated carbocycles. The predicted octanol–water partition coefficient (Wildman–Crippen LogP) is 8.16. The van der Waals surface area contributed by atoms with E-state index < -0.39 is 0 Å². The summed E-state index contributed by atoms with van der Waals surface area (Å²) in [5.74, 6) is 0. The van der Waals surface area contributed by atoms with Gasteiger partial charge in [0.15, 0.2) is 0 Å². The van der Waals surface area contributed by atoms with Crippen LogP contribution in [0.5, 0.6) is 0 Å². The molecule has 0 amide bonds. The summed E-state index contributed by atoms with van der Waals surface area (Å²) < 4.78 is 0. The minimum Gasteiger partial charge on any atom is -0.330 e. The van der Waals surface area contributed by atoms with Gasteiger partial charge in [-0.25, -0.2) is 0 Å². The van der Waals surface area contributed by atoms with Gasteiger partial charge in [-0.1, -0.05) is 134 Å². The van der Waals surface area contributed by atoms with Gasteiger partial charge in [-0.2, -0.15) is 0 Å². The SMILES string of the molecule is CNCCC=C1c2ccccc2C=Cc2ccccc21.NCCC=C1c2ccccc2C=Cc2ccccc21. The minimum absolute atomic E-state index is 0.682. The Morgan fingerprint density at radius 3 is 1.18 bits per heavy atom. The summed E-state index contributed by atoms with van der Waals surface area (Å²) in [5, 5.41) is 3.21. The number of benzene rings is 4. The summed E-state index contributed by atoms with van der Waals surface area (Å²) in [4.78, 5) is 0. The summed E-state index contributed by atoms with van der Waals surface area (Å²) in [6.45, 7) is 1.68. The summed E-state index contributed by atoms with van der Waals surface area (Å²) in [6, 6.07) is 34.3. The van der Waals surface area contributed by atoms with Crippen molar-refractivity contribution in [1.29, 1.82) is 0 Å². The van der Waals surface area contributed by atoms with Crippen LogP contribution < -0.4 is 11.1 Å². The van der Waals surface area contributed by atoms with Crippen molar-refractivity contribution >= 4 is 35.5 Å². The standard InChI is InChI=1S/C19H19N.C18H17N/c1-20-14-6-11-19-17-9-4-2-7-15(17)12-13-16-8-3-5-10-18(16)19;19-13-5-10-18-16-8-3-1-6-14(16)11-12-15-7-2-4-9-17(15)18/h2-5,7-13,20H,6,14H2,1H3;1-4,6-12H,5,13,19H2. The molecule has 0 aromatic heterocycles. The van der Waals surface area contributed by atoms with Crippen molar-refractivity contribution in [2.45, 2.75) is 12.8 Å². The third-order valence-electron chi connectivity index (χ3n) is 7.15. The third-order valence-corrected chi connectivity index (χ3v) is 7.15. The second-order valence-electron chi connectivity index (χ2n) is 9.72. The lowest BCUT2D eigenvalue weighted by Crippen LogP contribution is -2.06. The van der Waals surface area contributed by atoms with Gasteiger partial charge in [0.05, 0.1) is 0 Å². The zero-order valence-electron chi connectivity index (χ0n) is 22.6. The average molecular weight is 509 g/mol.